The summed E-state index contributed by atoms with van der Waals surface area (Å²) in [6, 6.07) is 0. The zero-order valence-electron chi connectivity index (χ0n) is 7.84. The summed E-state index contributed by atoms with van der Waals surface area (Å²) in [5, 5.41) is 0. The first-order valence-electron chi connectivity index (χ1n) is 4.81. The quantitative estimate of drug-likeness (QED) is 0.565. The molecule has 0 saturated carbocycles. The van der Waals surface area contributed by atoms with Crippen LogP contribution in [-0.4, -0.2) is 38.7 Å². The maximum Gasteiger partial charge on any atom is 0.174 e. The van der Waals surface area contributed by atoms with Crippen molar-refractivity contribution in [2.24, 2.45) is 0 Å². The minimum atomic E-state index is 0.0683. The van der Waals surface area contributed by atoms with Gasteiger partial charge < -0.3 is 9.13 Å². The summed E-state index contributed by atoms with van der Waals surface area (Å²) in [4.78, 5) is 0. The number of hydrogen-bond donors (Lipinski definition) is 0. The summed E-state index contributed by atoms with van der Waals surface area (Å²) in [6.45, 7) is 8.52. The lowest BCUT2D eigenvalue weighted by Crippen LogP contribution is -2.58. The molecule has 1 saturated heterocycles. The molecule has 0 aliphatic carbocycles. The molecule has 1 aliphatic rings. The molecule has 0 bridgehead atoms. The van der Waals surface area contributed by atoms with Crippen LogP contribution in [0.5, 0.6) is 0 Å². The van der Waals surface area contributed by atoms with Crippen LogP contribution in [0.25, 0.3) is 0 Å². The Hall–Kier alpha value is 0.137. The lowest BCUT2D eigenvalue weighted by Gasteiger charge is -2.42. The van der Waals surface area contributed by atoms with Gasteiger partial charge in [-0.2, -0.15) is 0 Å². The molecule has 1 fully saturated rings. The lowest BCUT2D eigenvalue weighted by molar-refractivity contribution is 0.199. The van der Waals surface area contributed by atoms with Crippen LogP contribution in [0.3, 0.4) is 0 Å². The molecule has 0 amide bonds. The van der Waals surface area contributed by atoms with E-state index in [1.807, 2.05) is 0 Å². The molecule has 1 rings (SSSR count). The van der Waals surface area contributed by atoms with E-state index in [0.29, 0.717) is 0 Å². The Kier molecular flexibility index (Phi) is 4.11. The molecule has 0 radical (unpaired) electrons. The first-order chi connectivity index (χ1) is 5.36. The number of hydrogen-bond acceptors (Lipinski definition) is 2. The van der Waals surface area contributed by atoms with Crippen molar-refractivity contribution < 1.29 is 0 Å². The molecule has 2 nitrogen and oxygen atoms in total. The predicted molar refractivity (Wildman–Crippen MR) is 52.0 cm³/mol. The Morgan fingerprint density at radius 3 is 2.27 bits per heavy atom. The topological polar surface area (TPSA) is 6.48 Å². The molecular weight excluding hydrogens is 152 g/mol. The highest BCUT2D eigenvalue weighted by Crippen LogP contribution is 2.07. The Morgan fingerprint density at radius 2 is 1.73 bits per heavy atom. The van der Waals surface area contributed by atoms with E-state index in [0.717, 1.165) is 0 Å². The SMILES string of the molecule is CCCCN1CN(CCC)[SiH2]1. The molecule has 0 atom stereocenters. The highest BCUT2D eigenvalue weighted by atomic mass is 28.2. The zero-order valence-corrected chi connectivity index (χ0v) is 9.26. The predicted octanol–water partition coefficient (Wildman–Crippen LogP) is 0.770. The smallest absolute Gasteiger partial charge is 0.174 e. The average molecular weight is 172 g/mol. The van der Waals surface area contributed by atoms with Crippen molar-refractivity contribution in [2.75, 3.05) is 19.8 Å². The fraction of sp³-hybridized carbons (Fsp3) is 1.00. The minimum Gasteiger partial charge on any atom is -0.304 e. The van der Waals surface area contributed by atoms with E-state index in [1.165, 1.54) is 39.0 Å². The average Bonchev–Trinajstić information content (AvgIpc) is 1.94. The third kappa shape index (κ3) is 2.93. The summed E-state index contributed by atoms with van der Waals surface area (Å²) in [7, 11) is 0.0683. The van der Waals surface area contributed by atoms with Crippen molar-refractivity contribution in [3.8, 4) is 0 Å². The van der Waals surface area contributed by atoms with Crippen molar-refractivity contribution in [3.05, 3.63) is 0 Å². The van der Waals surface area contributed by atoms with Crippen molar-refractivity contribution in [2.45, 2.75) is 33.1 Å². The molecule has 1 heterocycles. The highest BCUT2D eigenvalue weighted by Gasteiger charge is 2.21. The highest BCUT2D eigenvalue weighted by molar-refractivity contribution is 6.31. The third-order valence-electron chi connectivity index (χ3n) is 2.17. The summed E-state index contributed by atoms with van der Waals surface area (Å²) in [5.41, 5.74) is 0. The van der Waals surface area contributed by atoms with Gasteiger partial charge in [-0.25, -0.2) is 0 Å². The third-order valence-corrected chi connectivity index (χ3v) is 4.00. The molecule has 0 unspecified atom stereocenters. The van der Waals surface area contributed by atoms with E-state index in [1.54, 1.807) is 0 Å². The van der Waals surface area contributed by atoms with Crippen LogP contribution in [0.1, 0.15) is 33.1 Å². The monoisotopic (exact) mass is 172 g/mol. The van der Waals surface area contributed by atoms with Gasteiger partial charge in [0.25, 0.3) is 0 Å². The van der Waals surface area contributed by atoms with Crippen LogP contribution >= 0.6 is 0 Å². The van der Waals surface area contributed by atoms with Gasteiger partial charge in [0.2, 0.25) is 0 Å². The second-order valence-electron chi connectivity index (χ2n) is 3.43. The van der Waals surface area contributed by atoms with Crippen molar-refractivity contribution >= 4 is 9.84 Å². The Bertz CT molecular complexity index is 102. The van der Waals surface area contributed by atoms with E-state index in [4.69, 9.17) is 0 Å². The van der Waals surface area contributed by atoms with E-state index in [9.17, 15) is 0 Å². The Morgan fingerprint density at radius 1 is 1.09 bits per heavy atom. The standard InChI is InChI=1S/C8H20N2Si/c1-3-5-7-10-8-9(11-10)6-4-2/h3-8,11H2,1-2H3. The second-order valence-corrected chi connectivity index (χ2v) is 5.50. The van der Waals surface area contributed by atoms with Crippen molar-refractivity contribution in [1.29, 1.82) is 0 Å². The Balaban J connectivity index is 1.92. The summed E-state index contributed by atoms with van der Waals surface area (Å²) in [5.74, 6) is 0. The van der Waals surface area contributed by atoms with E-state index in [2.05, 4.69) is 23.0 Å². The number of rotatable bonds is 5. The van der Waals surface area contributed by atoms with Gasteiger partial charge in [-0.3, -0.25) is 0 Å². The van der Waals surface area contributed by atoms with Crippen LogP contribution in [0.4, 0.5) is 0 Å². The van der Waals surface area contributed by atoms with Crippen LogP contribution in [-0.2, 0) is 0 Å². The first kappa shape index (κ1) is 9.23. The normalized spacial score (nSPS) is 22.4. The minimum absolute atomic E-state index is 0.0683. The van der Waals surface area contributed by atoms with Crippen molar-refractivity contribution in [1.82, 2.24) is 9.13 Å². The maximum atomic E-state index is 2.65. The molecule has 1 aliphatic heterocycles. The molecular formula is C8H20N2Si. The molecule has 0 spiro atoms. The lowest BCUT2D eigenvalue weighted by atomic mass is 10.3. The molecule has 0 aromatic rings. The number of nitrogens with zero attached hydrogens (tertiary/aromatic N) is 2. The largest absolute Gasteiger partial charge is 0.304 e. The van der Waals surface area contributed by atoms with Crippen LogP contribution in [0.2, 0.25) is 0 Å². The van der Waals surface area contributed by atoms with Gasteiger partial charge in [0.15, 0.2) is 9.84 Å². The fourth-order valence-electron chi connectivity index (χ4n) is 1.51. The maximum absolute atomic E-state index is 2.65. The van der Waals surface area contributed by atoms with Gasteiger partial charge in [-0.05, 0) is 25.9 Å². The van der Waals surface area contributed by atoms with E-state index in [-0.39, 0.29) is 9.84 Å². The zero-order chi connectivity index (χ0) is 8.10. The molecule has 0 N–H and O–H groups in total. The van der Waals surface area contributed by atoms with Crippen LogP contribution in [0.15, 0.2) is 0 Å². The van der Waals surface area contributed by atoms with Gasteiger partial charge in [-0.15, -0.1) is 0 Å². The van der Waals surface area contributed by atoms with Gasteiger partial charge in [0.05, 0.1) is 0 Å². The first-order valence-corrected chi connectivity index (χ1v) is 6.08. The fourth-order valence-corrected chi connectivity index (χ4v) is 3.23. The second kappa shape index (κ2) is 4.90. The van der Waals surface area contributed by atoms with Crippen LogP contribution in [0, 0.1) is 0 Å². The van der Waals surface area contributed by atoms with Gasteiger partial charge in [-0.1, -0.05) is 20.3 Å². The van der Waals surface area contributed by atoms with E-state index < -0.39 is 0 Å². The summed E-state index contributed by atoms with van der Waals surface area (Å²) >= 11 is 0. The number of unbranched alkanes of at least 4 members (excludes halogenated alkanes) is 1. The van der Waals surface area contributed by atoms with Gasteiger partial charge in [0, 0.05) is 6.67 Å². The Labute approximate surface area is 72.5 Å². The van der Waals surface area contributed by atoms with Gasteiger partial charge in [0.1, 0.15) is 0 Å². The summed E-state index contributed by atoms with van der Waals surface area (Å²) < 4.78 is 5.29. The molecule has 3 heteroatoms. The van der Waals surface area contributed by atoms with E-state index >= 15 is 0 Å². The van der Waals surface area contributed by atoms with Crippen LogP contribution < -0.4 is 0 Å². The molecule has 11 heavy (non-hydrogen) atoms. The molecule has 0 aromatic heterocycles. The summed E-state index contributed by atoms with van der Waals surface area (Å²) in [6.07, 6.45) is 4.07. The van der Waals surface area contributed by atoms with Gasteiger partial charge >= 0.3 is 0 Å². The molecule has 0 aromatic carbocycles. The molecule has 66 valence electrons. The van der Waals surface area contributed by atoms with Crippen molar-refractivity contribution in [3.63, 3.8) is 0 Å².